The fourth-order valence-corrected chi connectivity index (χ4v) is 1.88. The van der Waals surface area contributed by atoms with E-state index < -0.39 is 11.6 Å². The topological polar surface area (TPSA) is 69.6 Å². The zero-order valence-electron chi connectivity index (χ0n) is 10.2. The normalized spacial score (nSPS) is 10.7. The van der Waals surface area contributed by atoms with Crippen molar-refractivity contribution in [3.05, 3.63) is 54.1 Å². The summed E-state index contributed by atoms with van der Waals surface area (Å²) in [5, 5.41) is 11.0. The molecule has 0 saturated carbocycles. The van der Waals surface area contributed by atoms with Crippen molar-refractivity contribution >= 4 is 5.69 Å². The van der Waals surface area contributed by atoms with Gasteiger partial charge in [-0.2, -0.15) is 4.68 Å². The summed E-state index contributed by atoms with van der Waals surface area (Å²) in [5.41, 5.74) is 6.22. The molecule has 1 heterocycles. The number of tetrazole rings is 1. The smallest absolute Gasteiger partial charge is 0.187 e. The van der Waals surface area contributed by atoms with Gasteiger partial charge in [-0.05, 0) is 22.6 Å². The number of nitrogens with two attached hydrogens (primary N) is 1. The van der Waals surface area contributed by atoms with Gasteiger partial charge in [0, 0.05) is 5.56 Å². The van der Waals surface area contributed by atoms with Crippen LogP contribution in [0.2, 0.25) is 0 Å². The Hall–Kier alpha value is -2.83. The Morgan fingerprint density at radius 2 is 1.75 bits per heavy atom. The maximum Gasteiger partial charge on any atom is 0.187 e. The second kappa shape index (κ2) is 4.69. The molecule has 0 spiro atoms. The molecule has 0 aliphatic rings. The Bertz CT molecular complexity index is 755. The predicted molar refractivity (Wildman–Crippen MR) is 68.9 cm³/mol. The van der Waals surface area contributed by atoms with Crippen molar-refractivity contribution in [2.75, 3.05) is 5.73 Å². The fraction of sp³-hybridized carbons (Fsp3) is 0. The number of halogens is 2. The van der Waals surface area contributed by atoms with Crippen molar-refractivity contribution in [1.29, 1.82) is 0 Å². The molecule has 3 rings (SSSR count). The van der Waals surface area contributed by atoms with Gasteiger partial charge in [-0.25, -0.2) is 8.78 Å². The molecule has 0 unspecified atom stereocenters. The minimum absolute atomic E-state index is 0.0494. The molecule has 100 valence electrons. The summed E-state index contributed by atoms with van der Waals surface area (Å²) in [5.74, 6) is -1.82. The van der Waals surface area contributed by atoms with Crippen molar-refractivity contribution in [2.24, 2.45) is 0 Å². The van der Waals surface area contributed by atoms with Gasteiger partial charge in [0.05, 0.1) is 5.69 Å². The molecule has 0 atom stereocenters. The Balaban J connectivity index is 2.24. The molecule has 2 aromatic carbocycles. The van der Waals surface area contributed by atoms with Crippen LogP contribution in [0.5, 0.6) is 0 Å². The largest absolute Gasteiger partial charge is 0.397 e. The average Bonchev–Trinajstić information content (AvgIpc) is 2.94. The SMILES string of the molecule is Nc1ccc(F)c(F)c1-n1nnnc1-c1ccccc1. The lowest BCUT2D eigenvalue weighted by Crippen LogP contribution is -2.08. The average molecular weight is 273 g/mol. The van der Waals surface area contributed by atoms with Gasteiger partial charge in [-0.15, -0.1) is 5.10 Å². The highest BCUT2D eigenvalue weighted by atomic mass is 19.2. The molecule has 7 heteroatoms. The zero-order valence-corrected chi connectivity index (χ0v) is 10.2. The van der Waals surface area contributed by atoms with Crippen molar-refractivity contribution in [3.63, 3.8) is 0 Å². The summed E-state index contributed by atoms with van der Waals surface area (Å²) in [6, 6.07) is 11.2. The van der Waals surface area contributed by atoms with E-state index in [0.717, 1.165) is 10.7 Å². The van der Waals surface area contributed by atoms with Crippen LogP contribution in [0.4, 0.5) is 14.5 Å². The van der Waals surface area contributed by atoms with Crippen LogP contribution in [0, 0.1) is 11.6 Å². The van der Waals surface area contributed by atoms with Crippen molar-refractivity contribution in [1.82, 2.24) is 20.2 Å². The minimum Gasteiger partial charge on any atom is -0.397 e. The van der Waals surface area contributed by atoms with E-state index in [1.165, 1.54) is 6.07 Å². The highest BCUT2D eigenvalue weighted by molar-refractivity contribution is 5.64. The zero-order chi connectivity index (χ0) is 14.1. The Morgan fingerprint density at radius 3 is 2.50 bits per heavy atom. The molecule has 0 fully saturated rings. The monoisotopic (exact) mass is 273 g/mol. The van der Waals surface area contributed by atoms with Crippen LogP contribution in [0.1, 0.15) is 0 Å². The predicted octanol–water partition coefficient (Wildman–Crippen LogP) is 2.19. The van der Waals surface area contributed by atoms with Gasteiger partial charge in [-0.1, -0.05) is 30.3 Å². The van der Waals surface area contributed by atoms with Gasteiger partial charge in [-0.3, -0.25) is 0 Å². The molecule has 5 nitrogen and oxygen atoms in total. The van der Waals surface area contributed by atoms with E-state index in [-0.39, 0.29) is 17.2 Å². The summed E-state index contributed by atoms with van der Waals surface area (Å²) in [6.45, 7) is 0. The van der Waals surface area contributed by atoms with E-state index >= 15 is 0 Å². The van der Waals surface area contributed by atoms with Gasteiger partial charge in [0.1, 0.15) is 5.69 Å². The van der Waals surface area contributed by atoms with Gasteiger partial charge < -0.3 is 5.73 Å². The second-order valence-electron chi connectivity index (χ2n) is 4.08. The summed E-state index contributed by atoms with van der Waals surface area (Å²) in [7, 11) is 0. The molecule has 1 aromatic heterocycles. The lowest BCUT2D eigenvalue weighted by molar-refractivity contribution is 0.501. The highest BCUT2D eigenvalue weighted by Crippen LogP contribution is 2.26. The molecule has 0 amide bonds. The quantitative estimate of drug-likeness (QED) is 0.727. The molecule has 0 aliphatic heterocycles. The number of rotatable bonds is 2. The van der Waals surface area contributed by atoms with Crippen molar-refractivity contribution < 1.29 is 8.78 Å². The first-order chi connectivity index (χ1) is 9.68. The maximum atomic E-state index is 14.0. The van der Waals surface area contributed by atoms with E-state index in [1.54, 1.807) is 24.3 Å². The molecule has 0 radical (unpaired) electrons. The van der Waals surface area contributed by atoms with Gasteiger partial charge in [0.15, 0.2) is 17.5 Å². The summed E-state index contributed by atoms with van der Waals surface area (Å²) in [4.78, 5) is 0. The molecular formula is C13H9F2N5. The molecular weight excluding hydrogens is 264 g/mol. The lowest BCUT2D eigenvalue weighted by atomic mass is 10.2. The first kappa shape index (κ1) is 12.2. The lowest BCUT2D eigenvalue weighted by Gasteiger charge is -2.09. The van der Waals surface area contributed by atoms with E-state index in [9.17, 15) is 8.78 Å². The molecule has 20 heavy (non-hydrogen) atoms. The number of nitrogen functional groups attached to an aromatic ring is 1. The maximum absolute atomic E-state index is 14.0. The Labute approximate surface area is 112 Å². The number of aromatic nitrogens is 4. The van der Waals surface area contributed by atoms with Crippen LogP contribution in [0.25, 0.3) is 17.1 Å². The Kier molecular flexibility index (Phi) is 2.86. The number of benzene rings is 2. The van der Waals surface area contributed by atoms with Crippen LogP contribution in [0.15, 0.2) is 42.5 Å². The second-order valence-corrected chi connectivity index (χ2v) is 4.08. The first-order valence-electron chi connectivity index (χ1n) is 5.76. The summed E-state index contributed by atoms with van der Waals surface area (Å²) >= 11 is 0. The van der Waals surface area contributed by atoms with Gasteiger partial charge >= 0.3 is 0 Å². The molecule has 0 bridgehead atoms. The number of anilines is 1. The highest BCUT2D eigenvalue weighted by Gasteiger charge is 2.19. The van der Waals surface area contributed by atoms with Crippen LogP contribution >= 0.6 is 0 Å². The summed E-state index contributed by atoms with van der Waals surface area (Å²) in [6.07, 6.45) is 0. The van der Waals surface area contributed by atoms with Crippen LogP contribution in [-0.2, 0) is 0 Å². The molecule has 2 N–H and O–H groups in total. The third-order valence-corrected chi connectivity index (χ3v) is 2.81. The molecule has 3 aromatic rings. The van der Waals surface area contributed by atoms with Gasteiger partial charge in [0.25, 0.3) is 0 Å². The third-order valence-electron chi connectivity index (χ3n) is 2.81. The minimum atomic E-state index is -1.09. The Morgan fingerprint density at radius 1 is 1.00 bits per heavy atom. The van der Waals surface area contributed by atoms with Crippen molar-refractivity contribution in [3.8, 4) is 17.1 Å². The first-order valence-corrected chi connectivity index (χ1v) is 5.76. The van der Waals surface area contributed by atoms with E-state index in [0.29, 0.717) is 5.56 Å². The number of nitrogens with zero attached hydrogens (tertiary/aromatic N) is 4. The van der Waals surface area contributed by atoms with E-state index in [1.807, 2.05) is 6.07 Å². The number of hydrogen-bond acceptors (Lipinski definition) is 4. The van der Waals surface area contributed by atoms with Gasteiger partial charge in [0.2, 0.25) is 0 Å². The molecule has 0 saturated heterocycles. The number of hydrogen-bond donors (Lipinski definition) is 1. The standard InChI is InChI=1S/C13H9F2N5/c14-9-6-7-10(16)12(11(9)15)20-13(17-18-19-20)8-4-2-1-3-5-8/h1-7H,16H2. The van der Waals surface area contributed by atoms with E-state index in [4.69, 9.17) is 5.73 Å². The van der Waals surface area contributed by atoms with Crippen LogP contribution in [-0.4, -0.2) is 20.2 Å². The summed E-state index contributed by atoms with van der Waals surface area (Å²) < 4.78 is 28.4. The van der Waals surface area contributed by atoms with E-state index in [2.05, 4.69) is 15.5 Å². The third kappa shape index (κ3) is 1.89. The fourth-order valence-electron chi connectivity index (χ4n) is 1.88. The van der Waals surface area contributed by atoms with Crippen molar-refractivity contribution in [2.45, 2.75) is 0 Å². The van der Waals surface area contributed by atoms with Crippen LogP contribution in [0.3, 0.4) is 0 Å². The van der Waals surface area contributed by atoms with Crippen LogP contribution < -0.4 is 5.73 Å². The molecule has 0 aliphatic carbocycles.